The van der Waals surface area contributed by atoms with E-state index in [1.165, 1.54) is 0 Å². The molecule has 0 aliphatic heterocycles. The Hall–Kier alpha value is -1.63. The van der Waals surface area contributed by atoms with Crippen LogP contribution < -0.4 is 0 Å². The second-order valence-corrected chi connectivity index (χ2v) is 6.44. The Morgan fingerprint density at radius 1 is 1.13 bits per heavy atom. The summed E-state index contributed by atoms with van der Waals surface area (Å²) in [6, 6.07) is 5.62. The van der Waals surface area contributed by atoms with Gasteiger partial charge in [0.15, 0.2) is 11.0 Å². The quantitative estimate of drug-likeness (QED) is 0.628. The number of nitrogens with zero attached hydrogens (tertiary/aromatic N) is 5. The lowest BCUT2D eigenvalue weighted by atomic mass is 10.2. The van der Waals surface area contributed by atoms with Crippen LogP contribution in [0.4, 0.5) is 0 Å². The van der Waals surface area contributed by atoms with E-state index in [1.807, 2.05) is 23.6 Å². The van der Waals surface area contributed by atoms with Gasteiger partial charge in [-0.1, -0.05) is 41.0 Å². The Morgan fingerprint density at radius 2 is 2.00 bits per heavy atom. The first-order chi connectivity index (χ1) is 11.2. The topological polar surface area (TPSA) is 56.5 Å². The molecule has 2 heterocycles. The minimum Gasteiger partial charge on any atom is -0.301 e. The lowest BCUT2D eigenvalue weighted by Crippen LogP contribution is -2.01. The third-order valence-electron chi connectivity index (χ3n) is 3.18. The summed E-state index contributed by atoms with van der Waals surface area (Å²) in [7, 11) is 0. The van der Waals surface area contributed by atoms with E-state index in [0.29, 0.717) is 15.7 Å². The van der Waals surface area contributed by atoms with Crippen LogP contribution in [0.5, 0.6) is 0 Å². The van der Waals surface area contributed by atoms with Crippen LogP contribution in [0.3, 0.4) is 0 Å². The van der Waals surface area contributed by atoms with Crippen molar-refractivity contribution in [2.24, 2.45) is 0 Å². The number of hydrogen-bond acceptors (Lipinski definition) is 5. The maximum absolute atomic E-state index is 6.05. The molecule has 0 N–H and O–H groups in total. The Morgan fingerprint density at radius 3 is 2.70 bits per heavy atom. The minimum atomic E-state index is 0.557. The normalized spacial score (nSPS) is 10.9. The molecular formula is C15H13Cl2N5S. The fourth-order valence-corrected chi connectivity index (χ4v) is 3.33. The zero-order valence-corrected chi connectivity index (χ0v) is 14.6. The Bertz CT molecular complexity index is 807. The van der Waals surface area contributed by atoms with E-state index in [2.05, 4.69) is 20.2 Å². The standard InChI is InChI=1S/C15H13Cl2N5S/c1-2-22-14(13-8-18-5-6-19-13)20-21-15(22)23-9-10-3-4-11(16)12(17)7-10/h3-8H,2,9H2,1H3. The van der Waals surface area contributed by atoms with E-state index >= 15 is 0 Å². The van der Waals surface area contributed by atoms with Crippen molar-refractivity contribution >= 4 is 35.0 Å². The van der Waals surface area contributed by atoms with Crippen LogP contribution in [0.15, 0.2) is 41.9 Å². The van der Waals surface area contributed by atoms with Gasteiger partial charge in [-0.3, -0.25) is 4.98 Å². The summed E-state index contributed by atoms with van der Waals surface area (Å²) in [6.07, 6.45) is 4.96. The first-order valence-electron chi connectivity index (χ1n) is 6.95. The molecule has 0 aliphatic carbocycles. The van der Waals surface area contributed by atoms with Gasteiger partial charge in [-0.15, -0.1) is 10.2 Å². The highest BCUT2D eigenvalue weighted by atomic mass is 35.5. The fourth-order valence-electron chi connectivity index (χ4n) is 2.06. The van der Waals surface area contributed by atoms with Gasteiger partial charge in [-0.05, 0) is 24.6 Å². The van der Waals surface area contributed by atoms with Gasteiger partial charge in [-0.2, -0.15) is 0 Å². The first-order valence-corrected chi connectivity index (χ1v) is 8.69. The van der Waals surface area contributed by atoms with Gasteiger partial charge in [0.25, 0.3) is 0 Å². The van der Waals surface area contributed by atoms with E-state index in [-0.39, 0.29) is 0 Å². The minimum absolute atomic E-state index is 0.557. The summed E-state index contributed by atoms with van der Waals surface area (Å²) >= 11 is 13.6. The molecule has 0 bridgehead atoms. The smallest absolute Gasteiger partial charge is 0.191 e. The van der Waals surface area contributed by atoms with E-state index in [1.54, 1.807) is 36.4 Å². The van der Waals surface area contributed by atoms with E-state index in [4.69, 9.17) is 23.2 Å². The van der Waals surface area contributed by atoms with Gasteiger partial charge >= 0.3 is 0 Å². The molecule has 5 nitrogen and oxygen atoms in total. The highest BCUT2D eigenvalue weighted by molar-refractivity contribution is 7.98. The molecule has 0 unspecified atom stereocenters. The maximum Gasteiger partial charge on any atom is 0.191 e. The lowest BCUT2D eigenvalue weighted by molar-refractivity contribution is 0.685. The van der Waals surface area contributed by atoms with Crippen LogP contribution in [0, 0.1) is 0 Å². The van der Waals surface area contributed by atoms with Gasteiger partial charge in [0, 0.05) is 24.7 Å². The molecule has 2 aromatic heterocycles. The number of hydrogen-bond donors (Lipinski definition) is 0. The summed E-state index contributed by atoms with van der Waals surface area (Å²) in [5, 5.41) is 10.5. The van der Waals surface area contributed by atoms with Crippen molar-refractivity contribution < 1.29 is 0 Å². The largest absolute Gasteiger partial charge is 0.301 e. The van der Waals surface area contributed by atoms with E-state index in [9.17, 15) is 0 Å². The van der Waals surface area contributed by atoms with Crippen LogP contribution in [0.25, 0.3) is 11.5 Å². The molecule has 0 saturated heterocycles. The van der Waals surface area contributed by atoms with E-state index in [0.717, 1.165) is 28.8 Å². The number of aromatic nitrogens is 5. The van der Waals surface area contributed by atoms with Crippen LogP contribution >= 0.6 is 35.0 Å². The monoisotopic (exact) mass is 365 g/mol. The predicted octanol–water partition coefficient (Wildman–Crippen LogP) is 4.35. The van der Waals surface area contributed by atoms with Crippen molar-refractivity contribution in [3.05, 3.63) is 52.4 Å². The molecule has 0 atom stereocenters. The van der Waals surface area contributed by atoms with Crippen LogP contribution in [0.1, 0.15) is 12.5 Å². The molecular weight excluding hydrogens is 353 g/mol. The number of rotatable bonds is 5. The molecule has 0 amide bonds. The Balaban J connectivity index is 1.81. The molecule has 0 radical (unpaired) electrons. The summed E-state index contributed by atoms with van der Waals surface area (Å²) in [4.78, 5) is 8.36. The van der Waals surface area contributed by atoms with Gasteiger partial charge in [-0.25, -0.2) is 4.98 Å². The Labute approximate surface area is 148 Å². The third kappa shape index (κ3) is 3.65. The summed E-state index contributed by atoms with van der Waals surface area (Å²) in [5.74, 6) is 1.45. The van der Waals surface area contributed by atoms with Gasteiger partial charge < -0.3 is 4.57 Å². The molecule has 8 heteroatoms. The predicted molar refractivity (Wildman–Crippen MR) is 92.7 cm³/mol. The zero-order chi connectivity index (χ0) is 16.2. The molecule has 3 aromatic rings. The summed E-state index contributed by atoms with van der Waals surface area (Å²) in [5.41, 5.74) is 1.79. The maximum atomic E-state index is 6.05. The molecule has 0 fully saturated rings. The van der Waals surface area contributed by atoms with Crippen LogP contribution in [0.2, 0.25) is 10.0 Å². The highest BCUT2D eigenvalue weighted by Gasteiger charge is 2.14. The van der Waals surface area contributed by atoms with Crippen molar-refractivity contribution in [3.63, 3.8) is 0 Å². The average Bonchev–Trinajstić information content (AvgIpc) is 2.99. The van der Waals surface area contributed by atoms with Crippen molar-refractivity contribution in [1.29, 1.82) is 0 Å². The molecule has 23 heavy (non-hydrogen) atoms. The van der Waals surface area contributed by atoms with Crippen molar-refractivity contribution in [2.45, 2.75) is 24.4 Å². The summed E-state index contributed by atoms with van der Waals surface area (Å²) < 4.78 is 2.02. The average molecular weight is 366 g/mol. The molecule has 3 rings (SSSR count). The molecule has 118 valence electrons. The fraction of sp³-hybridized carbons (Fsp3) is 0.200. The van der Waals surface area contributed by atoms with Crippen molar-refractivity contribution in [3.8, 4) is 11.5 Å². The van der Waals surface area contributed by atoms with Gasteiger partial charge in [0.1, 0.15) is 5.69 Å². The molecule has 0 aliphatic rings. The molecule has 0 spiro atoms. The third-order valence-corrected chi connectivity index (χ3v) is 4.95. The van der Waals surface area contributed by atoms with Crippen molar-refractivity contribution in [1.82, 2.24) is 24.7 Å². The van der Waals surface area contributed by atoms with Crippen LogP contribution in [-0.2, 0) is 12.3 Å². The van der Waals surface area contributed by atoms with Gasteiger partial charge in [0.05, 0.1) is 16.2 Å². The first kappa shape index (κ1) is 16.2. The van der Waals surface area contributed by atoms with Gasteiger partial charge in [0.2, 0.25) is 0 Å². The second-order valence-electron chi connectivity index (χ2n) is 4.68. The lowest BCUT2D eigenvalue weighted by Gasteiger charge is -2.07. The SMILES string of the molecule is CCn1c(SCc2ccc(Cl)c(Cl)c2)nnc1-c1cnccn1. The second kappa shape index (κ2) is 7.29. The number of thioether (sulfide) groups is 1. The molecule has 1 aromatic carbocycles. The van der Waals surface area contributed by atoms with E-state index < -0.39 is 0 Å². The highest BCUT2D eigenvalue weighted by Crippen LogP contribution is 2.28. The van der Waals surface area contributed by atoms with Crippen LogP contribution in [-0.4, -0.2) is 24.7 Å². The number of benzene rings is 1. The Kier molecular flexibility index (Phi) is 5.15. The zero-order valence-electron chi connectivity index (χ0n) is 12.3. The van der Waals surface area contributed by atoms with Crippen molar-refractivity contribution in [2.75, 3.05) is 0 Å². The number of halogens is 2. The summed E-state index contributed by atoms with van der Waals surface area (Å²) in [6.45, 7) is 2.80. The molecule has 0 saturated carbocycles.